The molecule has 0 rings (SSSR count). The maximum atomic E-state index is 12.9. The van der Waals surface area contributed by atoms with Gasteiger partial charge in [-0.1, -0.05) is 255 Å². The third-order valence-corrected chi connectivity index (χ3v) is 14.4. The fourth-order valence-corrected chi connectivity index (χ4v) is 9.47. The molecule has 3 atom stereocenters. The zero-order valence-corrected chi connectivity index (χ0v) is 49.9. The fourth-order valence-electron chi connectivity index (χ4n) is 8.68. The lowest BCUT2D eigenvalue weighted by molar-refractivity contribution is -0.161. The van der Waals surface area contributed by atoms with Crippen LogP contribution in [0.2, 0.25) is 0 Å². The molecule has 0 amide bonds. The SMILES string of the molecule is CC/C=C\C/C=C\C/C=C\C/C=C\CCCCCCCCC(=O)OC(COC(=O)CCCCCCCCCCCCCCCCCCCCC)COP(=O)(O)OCC(CO)OC(=O)CCCCCCC/C=C\CCCC. The summed E-state index contributed by atoms with van der Waals surface area (Å²) in [5.41, 5.74) is 0. The molecule has 0 aromatic rings. The van der Waals surface area contributed by atoms with E-state index in [0.717, 1.165) is 122 Å². The summed E-state index contributed by atoms with van der Waals surface area (Å²) in [7, 11) is -4.75. The lowest BCUT2D eigenvalue weighted by atomic mass is 10.0. The quantitative estimate of drug-likeness (QED) is 0.0197. The summed E-state index contributed by atoms with van der Waals surface area (Å²) in [6.45, 7) is 4.51. The highest BCUT2D eigenvalue weighted by Gasteiger charge is 2.28. The van der Waals surface area contributed by atoms with E-state index in [1.165, 1.54) is 109 Å². The average molecular weight is 1090 g/mol. The predicted octanol–water partition coefficient (Wildman–Crippen LogP) is 18.7. The Kier molecular flexibility index (Phi) is 56.2. The van der Waals surface area contributed by atoms with Crippen LogP contribution in [0, 0.1) is 0 Å². The summed E-state index contributed by atoms with van der Waals surface area (Å²) in [6.07, 6.45) is 64.7. The van der Waals surface area contributed by atoms with Gasteiger partial charge in [-0.3, -0.25) is 23.4 Å². The number of rotatable bonds is 58. The number of aliphatic hydroxyl groups is 1. The van der Waals surface area contributed by atoms with Crippen molar-refractivity contribution in [2.45, 2.75) is 303 Å². The second-order valence-electron chi connectivity index (χ2n) is 20.8. The van der Waals surface area contributed by atoms with Crippen molar-refractivity contribution in [2.75, 3.05) is 26.4 Å². The number of ether oxygens (including phenoxy) is 3. The van der Waals surface area contributed by atoms with Crippen molar-refractivity contribution >= 4 is 25.7 Å². The van der Waals surface area contributed by atoms with Crippen LogP contribution < -0.4 is 0 Å². The number of phosphoric ester groups is 1. The van der Waals surface area contributed by atoms with Gasteiger partial charge < -0.3 is 24.2 Å². The van der Waals surface area contributed by atoms with Gasteiger partial charge in [-0.25, -0.2) is 4.57 Å². The molecule has 2 N–H and O–H groups in total. The zero-order valence-electron chi connectivity index (χ0n) is 49.0. The van der Waals surface area contributed by atoms with Gasteiger partial charge in [0.2, 0.25) is 0 Å². The highest BCUT2D eigenvalue weighted by Crippen LogP contribution is 2.43. The van der Waals surface area contributed by atoms with Crippen molar-refractivity contribution in [3.63, 3.8) is 0 Å². The molecule has 0 fully saturated rings. The van der Waals surface area contributed by atoms with E-state index in [-0.39, 0.29) is 25.9 Å². The molecular weight excluding hydrogens is 976 g/mol. The fraction of sp³-hybridized carbons (Fsp3) is 0.797. The van der Waals surface area contributed by atoms with Crippen molar-refractivity contribution in [3.8, 4) is 0 Å². The van der Waals surface area contributed by atoms with Gasteiger partial charge in [0.1, 0.15) is 12.7 Å². The first-order valence-corrected chi connectivity index (χ1v) is 32.7. The Morgan fingerprint density at radius 2 is 0.697 bits per heavy atom. The molecule has 0 saturated carbocycles. The predicted molar refractivity (Wildman–Crippen MR) is 316 cm³/mol. The van der Waals surface area contributed by atoms with E-state index in [0.29, 0.717) is 19.3 Å². The first kappa shape index (κ1) is 73.2. The van der Waals surface area contributed by atoms with Crippen molar-refractivity contribution < 1.29 is 52.2 Å². The highest BCUT2D eigenvalue weighted by atomic mass is 31.2. The lowest BCUT2D eigenvalue weighted by Gasteiger charge is -2.21. The Labute approximate surface area is 465 Å². The molecule has 11 nitrogen and oxygen atoms in total. The molecule has 76 heavy (non-hydrogen) atoms. The van der Waals surface area contributed by atoms with Crippen molar-refractivity contribution in [1.82, 2.24) is 0 Å². The number of carbonyl (C=O) groups excluding carboxylic acids is 3. The van der Waals surface area contributed by atoms with Gasteiger partial charge in [0.05, 0.1) is 19.8 Å². The second kappa shape index (κ2) is 58.3. The molecule has 0 heterocycles. The molecular formula is C64H115O11P. The van der Waals surface area contributed by atoms with E-state index >= 15 is 0 Å². The highest BCUT2D eigenvalue weighted by molar-refractivity contribution is 7.47. The van der Waals surface area contributed by atoms with Gasteiger partial charge in [-0.05, 0) is 77.0 Å². The van der Waals surface area contributed by atoms with Crippen LogP contribution in [0.3, 0.4) is 0 Å². The summed E-state index contributed by atoms with van der Waals surface area (Å²) in [6, 6.07) is 0. The zero-order chi connectivity index (χ0) is 55.5. The average Bonchev–Trinajstić information content (AvgIpc) is 3.41. The van der Waals surface area contributed by atoms with E-state index < -0.39 is 57.8 Å². The van der Waals surface area contributed by atoms with Gasteiger partial charge in [0.25, 0.3) is 0 Å². The number of aliphatic hydroxyl groups excluding tert-OH is 1. The lowest BCUT2D eigenvalue weighted by Crippen LogP contribution is -2.30. The summed E-state index contributed by atoms with van der Waals surface area (Å²) >= 11 is 0. The van der Waals surface area contributed by atoms with E-state index in [9.17, 15) is 28.9 Å². The number of hydrogen-bond acceptors (Lipinski definition) is 10. The van der Waals surface area contributed by atoms with Crippen LogP contribution in [0.5, 0.6) is 0 Å². The van der Waals surface area contributed by atoms with Crippen LogP contribution in [-0.2, 0) is 42.2 Å². The topological polar surface area (TPSA) is 155 Å². The Balaban J connectivity index is 4.70. The molecule has 3 unspecified atom stereocenters. The van der Waals surface area contributed by atoms with E-state index in [1.54, 1.807) is 0 Å². The Morgan fingerprint density at radius 3 is 1.11 bits per heavy atom. The minimum absolute atomic E-state index is 0.152. The van der Waals surface area contributed by atoms with Crippen LogP contribution in [0.4, 0.5) is 0 Å². The van der Waals surface area contributed by atoms with Crippen LogP contribution in [-0.4, -0.2) is 66.5 Å². The molecule has 0 radical (unpaired) electrons. The third-order valence-electron chi connectivity index (χ3n) is 13.4. The maximum absolute atomic E-state index is 12.9. The number of esters is 3. The Morgan fingerprint density at radius 1 is 0.382 bits per heavy atom. The van der Waals surface area contributed by atoms with Gasteiger partial charge in [-0.15, -0.1) is 0 Å². The monoisotopic (exact) mass is 1090 g/mol. The summed E-state index contributed by atoms with van der Waals surface area (Å²) in [5.74, 6) is -1.47. The largest absolute Gasteiger partial charge is 0.472 e. The van der Waals surface area contributed by atoms with Gasteiger partial charge in [0.15, 0.2) is 6.10 Å². The summed E-state index contributed by atoms with van der Waals surface area (Å²) < 4.78 is 39.6. The van der Waals surface area contributed by atoms with Crippen molar-refractivity contribution in [3.05, 3.63) is 60.8 Å². The first-order chi connectivity index (χ1) is 37.2. The molecule has 0 saturated heterocycles. The summed E-state index contributed by atoms with van der Waals surface area (Å²) in [4.78, 5) is 48.6. The van der Waals surface area contributed by atoms with E-state index in [4.69, 9.17) is 23.3 Å². The van der Waals surface area contributed by atoms with Crippen LogP contribution in [0.15, 0.2) is 60.8 Å². The molecule has 0 aliphatic carbocycles. The van der Waals surface area contributed by atoms with Gasteiger partial charge in [0, 0.05) is 19.3 Å². The summed E-state index contributed by atoms with van der Waals surface area (Å²) in [5, 5.41) is 9.81. The molecule has 0 spiro atoms. The molecule has 0 bridgehead atoms. The van der Waals surface area contributed by atoms with Crippen LogP contribution >= 0.6 is 7.82 Å². The number of hydrogen-bond donors (Lipinski definition) is 2. The standard InChI is InChI=1S/C64H115O11P/c1-4-7-10-13-16-19-22-24-26-28-30-32-34-36-39-41-44-47-50-53-62(66)71-57-61(75-64(68)55-52-49-46-43-40-37-35-33-31-29-27-25-23-20-17-14-11-8-5-2)59-73-76(69,70)72-58-60(56-65)74-63(67)54-51-48-45-42-38-21-18-15-12-9-6-3/h8,11,15,17-18,20,25,27,31,33,60-61,65H,4-7,9-10,12-14,16,19,21-24,26,28-30,32,34-59H2,1-3H3,(H,69,70)/b11-8-,18-15-,20-17-,27-25-,33-31-. The Hall–Kier alpha value is -2.82. The third kappa shape index (κ3) is 55.9. The Bertz CT molecular complexity index is 1510. The molecule has 0 aromatic heterocycles. The van der Waals surface area contributed by atoms with Gasteiger partial charge in [-0.2, -0.15) is 0 Å². The number of phosphoric acid groups is 1. The number of unbranched alkanes of at least 4 members (excludes halogenated alkanes) is 31. The van der Waals surface area contributed by atoms with Crippen LogP contribution in [0.25, 0.3) is 0 Å². The molecule has 0 aromatic carbocycles. The first-order valence-electron chi connectivity index (χ1n) is 31.2. The minimum Gasteiger partial charge on any atom is -0.462 e. The maximum Gasteiger partial charge on any atom is 0.472 e. The van der Waals surface area contributed by atoms with E-state index in [2.05, 4.69) is 81.5 Å². The second-order valence-corrected chi connectivity index (χ2v) is 22.3. The number of carbonyl (C=O) groups is 3. The molecule has 0 aliphatic rings. The number of allylic oxidation sites excluding steroid dienone is 10. The molecule has 442 valence electrons. The van der Waals surface area contributed by atoms with Crippen molar-refractivity contribution in [2.24, 2.45) is 0 Å². The smallest absolute Gasteiger partial charge is 0.462 e. The normalized spacial score (nSPS) is 13.7. The van der Waals surface area contributed by atoms with Crippen molar-refractivity contribution in [1.29, 1.82) is 0 Å². The van der Waals surface area contributed by atoms with Gasteiger partial charge >= 0.3 is 25.7 Å². The van der Waals surface area contributed by atoms with E-state index in [1.807, 2.05) is 0 Å². The molecule has 12 heteroatoms. The minimum atomic E-state index is -4.75. The van der Waals surface area contributed by atoms with Crippen LogP contribution in [0.1, 0.15) is 290 Å². The molecule has 0 aliphatic heterocycles.